The Morgan fingerprint density at radius 3 is 2.57 bits per heavy atom. The molecule has 2 aliphatic rings. The van der Waals surface area contributed by atoms with E-state index < -0.39 is 36.7 Å². The lowest BCUT2D eigenvalue weighted by atomic mass is 9.97. The highest BCUT2D eigenvalue weighted by Gasteiger charge is 2.42. The molecule has 0 aliphatic carbocycles. The number of aliphatic hydroxyl groups excluding tert-OH is 1. The van der Waals surface area contributed by atoms with Crippen LogP contribution in [-0.4, -0.2) is 61.6 Å². The maximum absolute atomic E-state index is 10.8. The summed E-state index contributed by atoms with van der Waals surface area (Å²) < 4.78 is 16.2. The fourth-order valence-electron chi connectivity index (χ4n) is 2.56. The first-order valence-corrected chi connectivity index (χ1v) is 6.68. The van der Waals surface area contributed by atoms with Crippen LogP contribution in [-0.2, 0) is 14.2 Å². The van der Waals surface area contributed by atoms with Crippen molar-refractivity contribution in [1.82, 2.24) is 0 Å². The SMILES string of the molecule is O=NC[C@@H]1O[C@H](O[C@H]2COC[C@@H](O)C2)C[C@H](N=O)[C@H]1N=O. The van der Waals surface area contributed by atoms with Crippen LogP contribution in [0, 0.1) is 14.7 Å². The number of hydrogen-bond acceptors (Lipinski definition) is 10. The van der Waals surface area contributed by atoms with Crippen molar-refractivity contribution in [2.24, 2.45) is 15.5 Å². The lowest BCUT2D eigenvalue weighted by molar-refractivity contribution is -0.239. The van der Waals surface area contributed by atoms with E-state index in [1.807, 2.05) is 0 Å². The molecule has 118 valence electrons. The standard InChI is InChI=1S/C11H17N3O7/c15-6-1-7(5-19-4-6)20-10-2-8(13-17)11(14-18)9(21-10)3-12-16/h6-11,15H,1-5H2/t6-,7+,8-,9-,10-,11+/m0/s1. The maximum Gasteiger partial charge on any atom is 0.160 e. The Morgan fingerprint density at radius 2 is 1.95 bits per heavy atom. The summed E-state index contributed by atoms with van der Waals surface area (Å²) in [4.78, 5) is 32.0. The van der Waals surface area contributed by atoms with Crippen LogP contribution in [0.1, 0.15) is 12.8 Å². The topological polar surface area (TPSA) is 136 Å². The predicted molar refractivity (Wildman–Crippen MR) is 69.4 cm³/mol. The molecule has 10 nitrogen and oxygen atoms in total. The Morgan fingerprint density at radius 1 is 1.14 bits per heavy atom. The van der Waals surface area contributed by atoms with Crippen LogP contribution >= 0.6 is 0 Å². The van der Waals surface area contributed by atoms with Gasteiger partial charge in [0.15, 0.2) is 6.29 Å². The summed E-state index contributed by atoms with van der Waals surface area (Å²) in [6.45, 7) is 0.229. The van der Waals surface area contributed by atoms with Gasteiger partial charge in [-0.3, -0.25) is 0 Å². The lowest BCUT2D eigenvalue weighted by Crippen LogP contribution is -2.50. The third kappa shape index (κ3) is 4.06. The van der Waals surface area contributed by atoms with Crippen LogP contribution in [0.4, 0.5) is 0 Å². The minimum Gasteiger partial charge on any atom is -0.391 e. The summed E-state index contributed by atoms with van der Waals surface area (Å²) in [6.07, 6.45) is -2.33. The van der Waals surface area contributed by atoms with Crippen LogP contribution in [0.15, 0.2) is 15.5 Å². The van der Waals surface area contributed by atoms with Crippen molar-refractivity contribution in [3.63, 3.8) is 0 Å². The zero-order valence-electron chi connectivity index (χ0n) is 11.2. The summed E-state index contributed by atoms with van der Waals surface area (Å²) in [6, 6.07) is -1.98. The molecule has 2 heterocycles. The highest BCUT2D eigenvalue weighted by Crippen LogP contribution is 2.28. The van der Waals surface area contributed by atoms with Crippen LogP contribution in [0.2, 0.25) is 0 Å². The first kappa shape index (κ1) is 16.0. The second-order valence-corrected chi connectivity index (χ2v) is 5.11. The Kier molecular flexibility index (Phi) is 5.79. The summed E-state index contributed by atoms with van der Waals surface area (Å²) in [5, 5.41) is 17.8. The second kappa shape index (κ2) is 7.59. The maximum atomic E-state index is 10.8. The summed E-state index contributed by atoms with van der Waals surface area (Å²) in [5.41, 5.74) is 0. The van der Waals surface area contributed by atoms with Crippen molar-refractivity contribution in [3.05, 3.63) is 14.7 Å². The third-order valence-corrected chi connectivity index (χ3v) is 3.54. The lowest BCUT2D eigenvalue weighted by Gasteiger charge is -2.37. The van der Waals surface area contributed by atoms with E-state index in [9.17, 15) is 19.8 Å². The molecule has 0 spiro atoms. The second-order valence-electron chi connectivity index (χ2n) is 5.11. The highest BCUT2D eigenvalue weighted by atomic mass is 16.7. The van der Waals surface area contributed by atoms with Gasteiger partial charge in [0.2, 0.25) is 0 Å². The largest absolute Gasteiger partial charge is 0.391 e. The van der Waals surface area contributed by atoms with Gasteiger partial charge in [0, 0.05) is 12.8 Å². The van der Waals surface area contributed by atoms with Gasteiger partial charge in [-0.15, -0.1) is 0 Å². The van der Waals surface area contributed by atoms with E-state index in [4.69, 9.17) is 14.2 Å². The van der Waals surface area contributed by atoms with E-state index >= 15 is 0 Å². The molecule has 10 heteroatoms. The van der Waals surface area contributed by atoms with E-state index in [1.54, 1.807) is 0 Å². The van der Waals surface area contributed by atoms with Crippen molar-refractivity contribution in [2.75, 3.05) is 19.8 Å². The number of hydrogen-bond donors (Lipinski definition) is 1. The molecular formula is C11H17N3O7. The van der Waals surface area contributed by atoms with Gasteiger partial charge in [-0.05, 0) is 0 Å². The van der Waals surface area contributed by atoms with Crippen LogP contribution in [0.25, 0.3) is 0 Å². The molecule has 0 amide bonds. The molecule has 0 aromatic heterocycles. The Labute approximate surface area is 120 Å². The fourth-order valence-corrected chi connectivity index (χ4v) is 2.56. The molecule has 0 bridgehead atoms. The number of nitroso groups, excluding NO2 is 3. The molecule has 2 aliphatic heterocycles. The van der Waals surface area contributed by atoms with Crippen molar-refractivity contribution < 1.29 is 19.3 Å². The van der Waals surface area contributed by atoms with Gasteiger partial charge in [-0.25, -0.2) is 0 Å². The van der Waals surface area contributed by atoms with E-state index in [1.165, 1.54) is 0 Å². The van der Waals surface area contributed by atoms with Crippen molar-refractivity contribution >= 4 is 0 Å². The molecule has 2 rings (SSSR count). The van der Waals surface area contributed by atoms with Gasteiger partial charge >= 0.3 is 0 Å². The minimum atomic E-state index is -1.05. The Bertz CT molecular complexity index is 383. The number of ether oxygens (including phenoxy) is 3. The van der Waals surface area contributed by atoms with Gasteiger partial charge in [-0.1, -0.05) is 15.5 Å². The summed E-state index contributed by atoms with van der Waals surface area (Å²) in [5.74, 6) is 0. The number of aliphatic hydroxyl groups is 1. The van der Waals surface area contributed by atoms with E-state index in [2.05, 4.69) is 15.5 Å². The molecule has 0 aromatic carbocycles. The van der Waals surface area contributed by atoms with Crippen LogP contribution in [0.3, 0.4) is 0 Å². The zero-order valence-corrected chi connectivity index (χ0v) is 11.2. The Balaban J connectivity index is 1.98. The van der Waals surface area contributed by atoms with Crippen molar-refractivity contribution in [2.45, 2.75) is 49.5 Å². The van der Waals surface area contributed by atoms with Gasteiger partial charge in [0.1, 0.15) is 24.7 Å². The van der Waals surface area contributed by atoms with Crippen molar-refractivity contribution in [3.8, 4) is 0 Å². The smallest absolute Gasteiger partial charge is 0.160 e. The summed E-state index contributed by atoms with van der Waals surface area (Å²) >= 11 is 0. The third-order valence-electron chi connectivity index (χ3n) is 3.54. The Hall–Kier alpha value is -1.36. The normalized spacial score (nSPS) is 40.4. The molecule has 0 unspecified atom stereocenters. The predicted octanol–water partition coefficient (Wildman–Crippen LogP) is 0.304. The van der Waals surface area contributed by atoms with E-state index in [0.29, 0.717) is 13.0 Å². The first-order chi connectivity index (χ1) is 10.2. The first-order valence-electron chi connectivity index (χ1n) is 6.68. The van der Waals surface area contributed by atoms with Gasteiger partial charge < -0.3 is 19.3 Å². The van der Waals surface area contributed by atoms with Crippen LogP contribution < -0.4 is 0 Å². The number of rotatable bonds is 6. The molecule has 21 heavy (non-hydrogen) atoms. The minimum absolute atomic E-state index is 0.0574. The molecule has 0 radical (unpaired) electrons. The monoisotopic (exact) mass is 303 g/mol. The number of nitrogens with zero attached hydrogens (tertiary/aromatic N) is 3. The van der Waals surface area contributed by atoms with Crippen LogP contribution in [0.5, 0.6) is 0 Å². The molecule has 0 aromatic rings. The molecule has 6 atom stereocenters. The van der Waals surface area contributed by atoms with E-state index in [0.717, 1.165) is 0 Å². The average molecular weight is 303 g/mol. The van der Waals surface area contributed by atoms with Gasteiger partial charge in [-0.2, -0.15) is 14.7 Å². The highest BCUT2D eigenvalue weighted by molar-refractivity contribution is 4.94. The summed E-state index contributed by atoms with van der Waals surface area (Å²) in [7, 11) is 0. The van der Waals surface area contributed by atoms with Gasteiger partial charge in [0.25, 0.3) is 0 Å². The molecule has 0 saturated carbocycles. The van der Waals surface area contributed by atoms with E-state index in [-0.39, 0.29) is 19.6 Å². The molecule has 2 saturated heterocycles. The zero-order chi connectivity index (χ0) is 15.2. The fraction of sp³-hybridized carbons (Fsp3) is 1.00. The molecule has 1 N–H and O–H groups in total. The quantitative estimate of drug-likeness (QED) is 0.697. The average Bonchev–Trinajstić information content (AvgIpc) is 2.47. The van der Waals surface area contributed by atoms with Gasteiger partial charge in [0.05, 0.1) is 25.4 Å². The molecular weight excluding hydrogens is 286 g/mol. The van der Waals surface area contributed by atoms with Crippen molar-refractivity contribution in [1.29, 1.82) is 0 Å². The molecule has 2 fully saturated rings.